The lowest BCUT2D eigenvalue weighted by atomic mass is 9.92. The van der Waals surface area contributed by atoms with Crippen molar-refractivity contribution in [3.8, 4) is 0 Å². The van der Waals surface area contributed by atoms with Crippen molar-refractivity contribution >= 4 is 24.1 Å². The molecule has 2 N–H and O–H groups in total. The quantitative estimate of drug-likeness (QED) is 0.151. The van der Waals surface area contributed by atoms with Gasteiger partial charge in [-0.3, -0.25) is 0 Å². The van der Waals surface area contributed by atoms with E-state index in [0.29, 0.717) is 5.92 Å². The summed E-state index contributed by atoms with van der Waals surface area (Å²) in [5.74, 6) is 0.367. The fourth-order valence-electron chi connectivity index (χ4n) is 3.80. The topological polar surface area (TPSA) is 84.3 Å². The number of carbonyl (C=O) groups is 2. The van der Waals surface area contributed by atoms with E-state index < -0.39 is 5.97 Å². The van der Waals surface area contributed by atoms with Crippen LogP contribution in [0.4, 0.5) is 5.82 Å². The number of rotatable bonds is 17. The second-order valence-electron chi connectivity index (χ2n) is 8.66. The fourth-order valence-corrected chi connectivity index (χ4v) is 3.80. The van der Waals surface area contributed by atoms with Crippen LogP contribution in [0.3, 0.4) is 0 Å². The molecule has 33 heavy (non-hydrogen) atoms. The summed E-state index contributed by atoms with van der Waals surface area (Å²) < 4.78 is 0. The molecular formula is C28H37N2O3-. The average Bonchev–Trinajstić information content (AvgIpc) is 3.34. The Morgan fingerprint density at radius 1 is 0.970 bits per heavy atom. The Hall–Kier alpha value is -3.08. The third-order valence-electron chi connectivity index (χ3n) is 5.76. The van der Waals surface area contributed by atoms with Crippen LogP contribution < -0.4 is 0 Å². The molecule has 0 radical (unpaired) electrons. The van der Waals surface area contributed by atoms with Crippen molar-refractivity contribution in [1.29, 1.82) is 0 Å². The molecule has 0 saturated heterocycles. The molecule has 2 aromatic rings. The van der Waals surface area contributed by atoms with Crippen LogP contribution in [-0.4, -0.2) is 28.4 Å². The number of aliphatic carboxylic acids is 1. The van der Waals surface area contributed by atoms with Crippen molar-refractivity contribution in [3.05, 3.63) is 77.8 Å². The molecule has 0 aliphatic rings. The number of aromatic amines is 1. The van der Waals surface area contributed by atoms with Crippen molar-refractivity contribution in [2.45, 2.75) is 64.3 Å². The van der Waals surface area contributed by atoms with Crippen LogP contribution in [0.15, 0.2) is 66.9 Å². The second-order valence-corrected chi connectivity index (χ2v) is 8.66. The number of carboxylic acid groups (broad SMARTS) is 1. The first-order valence-electron chi connectivity index (χ1n) is 12.0. The maximum absolute atomic E-state index is 11.0. The van der Waals surface area contributed by atoms with Gasteiger partial charge in [0.05, 0.1) is 0 Å². The van der Waals surface area contributed by atoms with Crippen molar-refractivity contribution in [2.75, 3.05) is 0 Å². The fraction of sp³-hybridized carbons (Fsp3) is 0.429. The Kier molecular flexibility index (Phi) is 12.4. The number of allylic oxidation sites excluding steroid dienone is 1. The van der Waals surface area contributed by atoms with Crippen LogP contribution in [0.5, 0.6) is 0 Å². The minimum absolute atomic E-state index is 0.158. The van der Waals surface area contributed by atoms with E-state index in [4.69, 9.17) is 5.11 Å². The molecule has 1 aromatic carbocycles. The molecule has 0 saturated carbocycles. The highest BCUT2D eigenvalue weighted by Gasteiger charge is 2.09. The summed E-state index contributed by atoms with van der Waals surface area (Å²) in [6.07, 6.45) is 18.5. The number of hydrogen-bond acceptors (Lipinski definition) is 2. The third-order valence-corrected chi connectivity index (χ3v) is 5.76. The summed E-state index contributed by atoms with van der Waals surface area (Å²) in [5.41, 5.74) is 1.18. The number of H-pyrrole nitrogens is 1. The van der Waals surface area contributed by atoms with Crippen molar-refractivity contribution in [2.24, 2.45) is 11.8 Å². The van der Waals surface area contributed by atoms with Gasteiger partial charge in [0.25, 0.3) is 0 Å². The van der Waals surface area contributed by atoms with Crippen LogP contribution in [-0.2, 0) is 9.59 Å². The van der Waals surface area contributed by atoms with Gasteiger partial charge in [-0.1, -0.05) is 105 Å². The van der Waals surface area contributed by atoms with E-state index in [2.05, 4.69) is 34.6 Å². The lowest BCUT2D eigenvalue weighted by Crippen LogP contribution is -2.07. The molecule has 0 amide bonds. The van der Waals surface area contributed by atoms with E-state index in [-0.39, 0.29) is 12.0 Å². The normalized spacial score (nSPS) is 14.3. The molecule has 0 fully saturated rings. The summed E-state index contributed by atoms with van der Waals surface area (Å²) in [7, 11) is 0. The van der Waals surface area contributed by atoms with Gasteiger partial charge in [0, 0.05) is 12.0 Å². The Morgan fingerprint density at radius 2 is 1.73 bits per heavy atom. The number of nitrogens with one attached hydrogen (secondary N) is 1. The van der Waals surface area contributed by atoms with Crippen LogP contribution in [0.1, 0.15) is 63.9 Å². The number of carboxylic acids is 1. The van der Waals surface area contributed by atoms with E-state index in [1.54, 1.807) is 6.08 Å². The van der Waals surface area contributed by atoms with Crippen LogP contribution in [0.25, 0.3) is 11.4 Å². The number of unbranched alkanes of at least 4 members (excludes halogenated alkanes) is 3. The molecule has 0 spiro atoms. The lowest BCUT2D eigenvalue weighted by Gasteiger charge is -2.23. The van der Waals surface area contributed by atoms with Gasteiger partial charge in [0.15, 0.2) is 0 Å². The van der Waals surface area contributed by atoms with E-state index in [1.807, 2.05) is 43.5 Å². The average molecular weight is 450 g/mol. The Balaban J connectivity index is 1.92. The standard InChI is InChI=1S/C28H37N2O3/c1-23(22-31)10-5-2-3-6-13-25(16-15-24-11-7-4-8-12-24)17-18-26(19-20-28(32)33)30-27-14-9-21-29-27/h4,7-9,11-12,14-16,19-23,25-26,29H,2-3,5-6,10,13,17-18H2,1H3,(H,32,33)/q-1. The SMILES string of the molecule is CC(C=O)CCCCCCC(C=Cc1ccccc1)CCC(C=CC(=O)O)[N-]c1ccc[nH]1. The molecule has 1 aromatic heterocycles. The first-order chi connectivity index (χ1) is 16.1. The van der Waals surface area contributed by atoms with Crippen LogP contribution >= 0.6 is 0 Å². The molecular weight excluding hydrogens is 412 g/mol. The van der Waals surface area contributed by atoms with Gasteiger partial charge < -0.3 is 20.2 Å². The van der Waals surface area contributed by atoms with Crippen molar-refractivity contribution < 1.29 is 14.7 Å². The monoisotopic (exact) mass is 449 g/mol. The van der Waals surface area contributed by atoms with Gasteiger partial charge in [-0.05, 0) is 43.2 Å². The van der Waals surface area contributed by atoms with E-state index in [1.165, 1.54) is 11.6 Å². The van der Waals surface area contributed by atoms with Gasteiger partial charge in [0.2, 0.25) is 0 Å². The van der Waals surface area contributed by atoms with Crippen molar-refractivity contribution in [1.82, 2.24) is 4.98 Å². The number of carbonyl (C=O) groups excluding carboxylic acids is 1. The first-order valence-corrected chi connectivity index (χ1v) is 12.0. The molecule has 3 unspecified atom stereocenters. The summed E-state index contributed by atoms with van der Waals surface area (Å²) in [6, 6.07) is 13.9. The van der Waals surface area contributed by atoms with Gasteiger partial charge in [-0.2, -0.15) is 0 Å². The Bertz CT molecular complexity index is 843. The summed E-state index contributed by atoms with van der Waals surface area (Å²) >= 11 is 0. The smallest absolute Gasteiger partial charge is 0.327 e. The number of hydrogen-bond donors (Lipinski definition) is 2. The zero-order chi connectivity index (χ0) is 23.7. The molecule has 1 heterocycles. The lowest BCUT2D eigenvalue weighted by molar-refractivity contribution is -0.131. The highest BCUT2D eigenvalue weighted by molar-refractivity contribution is 5.80. The maximum atomic E-state index is 11.0. The maximum Gasteiger partial charge on any atom is 0.327 e. The van der Waals surface area contributed by atoms with Gasteiger partial charge in [-0.15, -0.1) is 0 Å². The molecule has 0 bridgehead atoms. The molecule has 5 heteroatoms. The number of benzene rings is 1. The van der Waals surface area contributed by atoms with Gasteiger partial charge in [0.1, 0.15) is 6.29 Å². The highest BCUT2D eigenvalue weighted by Crippen LogP contribution is 2.26. The number of aldehydes is 1. The van der Waals surface area contributed by atoms with Gasteiger partial charge >= 0.3 is 5.97 Å². The summed E-state index contributed by atoms with van der Waals surface area (Å²) in [6.45, 7) is 1.98. The highest BCUT2D eigenvalue weighted by atomic mass is 16.4. The minimum Gasteiger partial charge on any atom is -0.478 e. The zero-order valence-corrected chi connectivity index (χ0v) is 19.6. The Morgan fingerprint density at radius 3 is 2.39 bits per heavy atom. The predicted octanol–water partition coefficient (Wildman–Crippen LogP) is 7.31. The number of aromatic nitrogens is 1. The van der Waals surface area contributed by atoms with E-state index in [9.17, 15) is 9.59 Å². The summed E-state index contributed by atoms with van der Waals surface area (Å²) in [5, 5.41) is 13.7. The zero-order valence-electron chi connectivity index (χ0n) is 19.6. The van der Waals surface area contributed by atoms with Crippen LogP contribution in [0, 0.1) is 11.8 Å². The third kappa shape index (κ3) is 11.9. The molecule has 0 aliphatic carbocycles. The molecule has 2 rings (SSSR count). The number of nitrogens with zero attached hydrogens (tertiary/aromatic N) is 1. The van der Waals surface area contributed by atoms with E-state index >= 15 is 0 Å². The minimum atomic E-state index is -0.953. The Labute approximate surface area is 198 Å². The predicted molar refractivity (Wildman–Crippen MR) is 136 cm³/mol. The van der Waals surface area contributed by atoms with Gasteiger partial charge in [-0.25, -0.2) is 4.79 Å². The summed E-state index contributed by atoms with van der Waals surface area (Å²) in [4.78, 5) is 24.9. The van der Waals surface area contributed by atoms with Crippen LogP contribution in [0.2, 0.25) is 0 Å². The second kappa shape index (κ2) is 15.7. The molecule has 0 aliphatic heterocycles. The van der Waals surface area contributed by atoms with E-state index in [0.717, 1.165) is 63.5 Å². The van der Waals surface area contributed by atoms with Crippen molar-refractivity contribution in [3.63, 3.8) is 0 Å². The first kappa shape index (κ1) is 26.2. The molecule has 178 valence electrons. The molecule has 5 nitrogen and oxygen atoms in total. The largest absolute Gasteiger partial charge is 0.478 e. The molecule has 3 atom stereocenters.